The van der Waals surface area contributed by atoms with E-state index in [2.05, 4.69) is 10.6 Å². The number of aliphatic imine (C=N–C) groups is 1. The number of sulfone groups is 1. The number of fused-ring (bicyclic) bond motifs is 2. The first-order chi connectivity index (χ1) is 12.6. The fourth-order valence-corrected chi connectivity index (χ4v) is 7.03. The van der Waals surface area contributed by atoms with E-state index in [0.717, 1.165) is 56.8 Å². The van der Waals surface area contributed by atoms with Crippen LogP contribution in [-0.2, 0) is 14.6 Å². The van der Waals surface area contributed by atoms with Crippen molar-refractivity contribution in [1.82, 2.24) is 10.6 Å². The molecule has 156 valence electrons. The summed E-state index contributed by atoms with van der Waals surface area (Å²) in [5.41, 5.74) is 0. The first kappa shape index (κ1) is 21.6. The van der Waals surface area contributed by atoms with Crippen molar-refractivity contribution in [2.45, 2.75) is 51.0 Å². The zero-order valence-electron chi connectivity index (χ0n) is 16.1. The molecule has 6 nitrogen and oxygen atoms in total. The number of hydrogen-bond donors (Lipinski definition) is 2. The van der Waals surface area contributed by atoms with Crippen molar-refractivity contribution in [2.24, 2.45) is 28.7 Å². The highest BCUT2D eigenvalue weighted by Gasteiger charge is 2.40. The third-order valence-corrected chi connectivity index (χ3v) is 8.63. The van der Waals surface area contributed by atoms with E-state index < -0.39 is 9.84 Å². The Balaban J connectivity index is 0.00000210. The first-order valence-corrected chi connectivity index (χ1v) is 12.2. The lowest BCUT2D eigenvalue weighted by Gasteiger charge is -2.27. The predicted octanol–water partition coefficient (Wildman–Crippen LogP) is 2.19. The van der Waals surface area contributed by atoms with Crippen molar-refractivity contribution in [1.29, 1.82) is 0 Å². The van der Waals surface area contributed by atoms with Crippen molar-refractivity contribution < 1.29 is 13.2 Å². The van der Waals surface area contributed by atoms with Gasteiger partial charge in [-0.3, -0.25) is 4.99 Å². The fraction of sp³-hybridized carbons (Fsp3) is 0.947. The van der Waals surface area contributed by atoms with Gasteiger partial charge in [0, 0.05) is 32.3 Å². The molecule has 4 unspecified atom stereocenters. The normalized spacial score (nSPS) is 35.8. The molecule has 4 fully saturated rings. The molecule has 2 aliphatic heterocycles. The van der Waals surface area contributed by atoms with E-state index in [-0.39, 0.29) is 29.9 Å². The Hall–Kier alpha value is -0.0900. The van der Waals surface area contributed by atoms with Crippen LogP contribution >= 0.6 is 24.0 Å². The van der Waals surface area contributed by atoms with Gasteiger partial charge in [0.1, 0.15) is 0 Å². The summed E-state index contributed by atoms with van der Waals surface area (Å²) in [5.74, 6) is 4.05. The Labute approximate surface area is 180 Å². The molecule has 0 amide bonds. The Morgan fingerprint density at radius 2 is 1.85 bits per heavy atom. The summed E-state index contributed by atoms with van der Waals surface area (Å²) in [6.07, 6.45) is 8.34. The third kappa shape index (κ3) is 5.95. The van der Waals surface area contributed by atoms with Gasteiger partial charge in [-0.15, -0.1) is 24.0 Å². The van der Waals surface area contributed by atoms with E-state index >= 15 is 0 Å². The zero-order chi connectivity index (χ0) is 18.0. The minimum atomic E-state index is -2.83. The van der Waals surface area contributed by atoms with Crippen LogP contribution in [-0.4, -0.2) is 58.2 Å². The number of hydrogen-bond acceptors (Lipinski definition) is 4. The number of nitrogens with zero attached hydrogens (tertiary/aromatic N) is 1. The van der Waals surface area contributed by atoms with Crippen LogP contribution < -0.4 is 10.6 Å². The monoisotopic (exact) mass is 511 g/mol. The second kappa shape index (κ2) is 9.61. The molecule has 0 aromatic heterocycles. The molecule has 0 radical (unpaired) electrons. The quantitative estimate of drug-likeness (QED) is 0.336. The molecule has 8 heteroatoms. The van der Waals surface area contributed by atoms with Crippen LogP contribution in [0.4, 0.5) is 0 Å². The van der Waals surface area contributed by atoms with Gasteiger partial charge in [0.25, 0.3) is 0 Å². The zero-order valence-corrected chi connectivity index (χ0v) is 19.2. The van der Waals surface area contributed by atoms with Crippen LogP contribution in [0.25, 0.3) is 0 Å². The summed E-state index contributed by atoms with van der Waals surface area (Å²) in [5, 5.41) is 7.24. The molecule has 2 saturated heterocycles. The Morgan fingerprint density at radius 3 is 2.48 bits per heavy atom. The van der Waals surface area contributed by atoms with Crippen molar-refractivity contribution in [3.05, 3.63) is 0 Å². The van der Waals surface area contributed by atoms with E-state index in [0.29, 0.717) is 30.0 Å². The van der Waals surface area contributed by atoms with Crippen molar-refractivity contribution >= 4 is 39.8 Å². The van der Waals surface area contributed by atoms with E-state index in [4.69, 9.17) is 9.73 Å². The number of halogens is 1. The summed E-state index contributed by atoms with van der Waals surface area (Å²) in [4.78, 5) is 4.80. The minimum absolute atomic E-state index is 0. The largest absolute Gasteiger partial charge is 0.381 e. The van der Waals surface area contributed by atoms with Gasteiger partial charge in [-0.25, -0.2) is 8.42 Å². The van der Waals surface area contributed by atoms with Gasteiger partial charge in [0.2, 0.25) is 0 Å². The van der Waals surface area contributed by atoms with Gasteiger partial charge in [0.15, 0.2) is 15.8 Å². The Bertz CT molecular complexity index is 622. The number of rotatable bonds is 5. The van der Waals surface area contributed by atoms with Crippen LogP contribution in [0.1, 0.15) is 44.9 Å². The smallest absolute Gasteiger partial charge is 0.191 e. The number of ether oxygens (including phenoxy) is 1. The Morgan fingerprint density at radius 1 is 1.04 bits per heavy atom. The number of guanidine groups is 1. The molecule has 4 atom stereocenters. The van der Waals surface area contributed by atoms with Crippen molar-refractivity contribution in [2.75, 3.05) is 37.8 Å². The second-order valence-electron chi connectivity index (χ2n) is 8.82. The van der Waals surface area contributed by atoms with E-state index in [1.165, 1.54) is 25.7 Å². The molecule has 0 aromatic carbocycles. The molecule has 0 aromatic rings. The SMILES string of the molecule is I.O=S1(=O)CCC(CN=C(NCC2CCOCC2)NC2CC3CCC2C3)C1. The Kier molecular flexibility index (Phi) is 7.69. The topological polar surface area (TPSA) is 79.8 Å². The van der Waals surface area contributed by atoms with Crippen molar-refractivity contribution in [3.8, 4) is 0 Å². The summed E-state index contributed by atoms with van der Waals surface area (Å²) in [6, 6.07) is 0.544. The van der Waals surface area contributed by atoms with Gasteiger partial charge < -0.3 is 15.4 Å². The average Bonchev–Trinajstić information content (AvgIpc) is 3.33. The number of nitrogens with one attached hydrogen (secondary N) is 2. The minimum Gasteiger partial charge on any atom is -0.381 e. The lowest BCUT2D eigenvalue weighted by Crippen LogP contribution is -2.47. The van der Waals surface area contributed by atoms with Gasteiger partial charge in [0.05, 0.1) is 11.5 Å². The molecule has 4 aliphatic rings. The highest BCUT2D eigenvalue weighted by Crippen LogP contribution is 2.44. The van der Waals surface area contributed by atoms with E-state index in [1.54, 1.807) is 0 Å². The van der Waals surface area contributed by atoms with E-state index in [1.807, 2.05) is 0 Å². The average molecular weight is 511 g/mol. The van der Waals surface area contributed by atoms with Gasteiger partial charge in [-0.1, -0.05) is 6.42 Å². The van der Waals surface area contributed by atoms with Gasteiger partial charge in [-0.05, 0) is 62.2 Å². The lowest BCUT2D eigenvalue weighted by atomic mass is 9.95. The first-order valence-electron chi connectivity index (χ1n) is 10.4. The lowest BCUT2D eigenvalue weighted by molar-refractivity contribution is 0.0675. The molecule has 4 rings (SSSR count). The van der Waals surface area contributed by atoms with Gasteiger partial charge in [-0.2, -0.15) is 0 Å². The molecule has 2 aliphatic carbocycles. The molecule has 2 bridgehead atoms. The molecule has 27 heavy (non-hydrogen) atoms. The maximum atomic E-state index is 11.7. The maximum absolute atomic E-state index is 11.7. The fourth-order valence-electron chi connectivity index (χ4n) is 5.18. The maximum Gasteiger partial charge on any atom is 0.191 e. The highest BCUT2D eigenvalue weighted by atomic mass is 127. The predicted molar refractivity (Wildman–Crippen MR) is 118 cm³/mol. The molecule has 0 spiro atoms. The van der Waals surface area contributed by atoms with Crippen LogP contribution in [0, 0.1) is 23.7 Å². The highest BCUT2D eigenvalue weighted by molar-refractivity contribution is 14.0. The molecule has 2 heterocycles. The summed E-state index contributed by atoms with van der Waals surface area (Å²) < 4.78 is 28.8. The van der Waals surface area contributed by atoms with Crippen molar-refractivity contribution in [3.63, 3.8) is 0 Å². The molecule has 2 saturated carbocycles. The second-order valence-corrected chi connectivity index (χ2v) is 11.0. The summed E-state index contributed by atoms with van der Waals surface area (Å²) in [7, 11) is -2.83. The third-order valence-electron chi connectivity index (χ3n) is 6.79. The molecular formula is C19H34IN3O3S. The summed E-state index contributed by atoms with van der Waals surface area (Å²) in [6.45, 7) is 3.26. The molecular weight excluding hydrogens is 477 g/mol. The van der Waals surface area contributed by atoms with Crippen LogP contribution in [0.3, 0.4) is 0 Å². The molecule has 2 N–H and O–H groups in total. The van der Waals surface area contributed by atoms with Crippen LogP contribution in [0.5, 0.6) is 0 Å². The standard InChI is InChI=1S/C19H33N3O3S.HI/c23-26(24)8-5-16(13-26)12-21-19(20-11-14-3-6-25-7-4-14)22-18-10-15-1-2-17(18)9-15;/h14-18H,1-13H2,(H2,20,21,22);1H. The summed E-state index contributed by atoms with van der Waals surface area (Å²) >= 11 is 0. The van der Waals surface area contributed by atoms with Crippen LogP contribution in [0.2, 0.25) is 0 Å². The van der Waals surface area contributed by atoms with E-state index in [9.17, 15) is 8.42 Å². The van der Waals surface area contributed by atoms with Crippen LogP contribution in [0.15, 0.2) is 4.99 Å². The van der Waals surface area contributed by atoms with Gasteiger partial charge >= 0.3 is 0 Å².